The van der Waals surface area contributed by atoms with Crippen LogP contribution in [0.5, 0.6) is 0 Å². The topological polar surface area (TPSA) is 40.6 Å². The summed E-state index contributed by atoms with van der Waals surface area (Å²) in [6, 6.07) is 11.9. The van der Waals surface area contributed by atoms with Crippen LogP contribution in [0.25, 0.3) is 0 Å². The van der Waals surface area contributed by atoms with Crippen molar-refractivity contribution < 1.29 is 22.8 Å². The Morgan fingerprint density at radius 3 is 2.07 bits per heavy atom. The Morgan fingerprint density at radius 2 is 1.46 bits per heavy atom. The number of benzene rings is 2. The zero-order chi connectivity index (χ0) is 20.3. The number of rotatable bonds is 2. The zero-order valence-electron chi connectivity index (χ0n) is 14.9. The summed E-state index contributed by atoms with van der Waals surface area (Å²) in [6.07, 6.45) is -3.96. The Morgan fingerprint density at radius 1 is 0.857 bits per heavy atom. The minimum atomic E-state index is -4.52. The van der Waals surface area contributed by atoms with Crippen LogP contribution in [0, 0.1) is 0 Å². The molecule has 2 aromatic carbocycles. The Hall–Kier alpha value is -2.35. The van der Waals surface area contributed by atoms with Crippen LogP contribution in [0.4, 0.5) is 13.2 Å². The van der Waals surface area contributed by atoms with E-state index in [4.69, 9.17) is 0 Å². The SMILES string of the molecule is O=C(c1ccccc1)N1CCCN(C(=O)c2cc(C(F)(F)F)ccc2Br)CC1. The van der Waals surface area contributed by atoms with Gasteiger partial charge in [-0.25, -0.2) is 0 Å². The standard InChI is InChI=1S/C20H18BrF3N2O2/c21-17-8-7-15(20(22,23)24)13-16(17)19(28)26-10-4-9-25(11-12-26)18(27)14-5-2-1-3-6-14/h1-3,5-8,13H,4,9-12H2. The van der Waals surface area contributed by atoms with Crippen LogP contribution in [0.2, 0.25) is 0 Å². The molecule has 1 heterocycles. The molecule has 0 saturated carbocycles. The van der Waals surface area contributed by atoms with Gasteiger partial charge in [0.1, 0.15) is 0 Å². The first-order valence-electron chi connectivity index (χ1n) is 8.78. The van der Waals surface area contributed by atoms with E-state index in [1.807, 2.05) is 6.07 Å². The monoisotopic (exact) mass is 454 g/mol. The van der Waals surface area contributed by atoms with E-state index < -0.39 is 17.6 Å². The first-order chi connectivity index (χ1) is 13.3. The van der Waals surface area contributed by atoms with Crippen LogP contribution in [0.1, 0.15) is 32.7 Å². The van der Waals surface area contributed by atoms with Gasteiger partial charge >= 0.3 is 6.18 Å². The van der Waals surface area contributed by atoms with E-state index in [9.17, 15) is 22.8 Å². The van der Waals surface area contributed by atoms with Gasteiger partial charge in [0.2, 0.25) is 0 Å². The quantitative estimate of drug-likeness (QED) is 0.672. The van der Waals surface area contributed by atoms with Gasteiger partial charge in [0.05, 0.1) is 11.1 Å². The molecule has 8 heteroatoms. The van der Waals surface area contributed by atoms with Crippen LogP contribution in [-0.4, -0.2) is 47.8 Å². The van der Waals surface area contributed by atoms with Crippen molar-refractivity contribution in [2.24, 2.45) is 0 Å². The molecule has 0 aliphatic carbocycles. The number of hydrogen-bond acceptors (Lipinski definition) is 2. The molecule has 0 unspecified atom stereocenters. The molecule has 1 saturated heterocycles. The molecule has 0 spiro atoms. The molecule has 1 aliphatic rings. The molecule has 2 aromatic rings. The van der Waals surface area contributed by atoms with Gasteiger partial charge in [-0.15, -0.1) is 0 Å². The normalized spacial score (nSPS) is 15.3. The summed E-state index contributed by atoms with van der Waals surface area (Å²) in [7, 11) is 0. The predicted octanol–water partition coefficient (Wildman–Crippen LogP) is 4.46. The maximum absolute atomic E-state index is 13.0. The molecule has 0 bridgehead atoms. The van der Waals surface area contributed by atoms with Crippen LogP contribution in [0.3, 0.4) is 0 Å². The van der Waals surface area contributed by atoms with Crippen molar-refractivity contribution in [3.8, 4) is 0 Å². The summed E-state index contributed by atoms with van der Waals surface area (Å²) in [4.78, 5) is 28.6. The van der Waals surface area contributed by atoms with Gasteiger partial charge in [0, 0.05) is 36.2 Å². The number of halogens is 4. The number of carbonyl (C=O) groups is 2. The minimum Gasteiger partial charge on any atom is -0.337 e. The smallest absolute Gasteiger partial charge is 0.337 e. The van der Waals surface area contributed by atoms with Gasteiger partial charge < -0.3 is 9.80 Å². The average molecular weight is 455 g/mol. The maximum Gasteiger partial charge on any atom is 0.416 e. The van der Waals surface area contributed by atoms with Gasteiger partial charge in [-0.2, -0.15) is 13.2 Å². The molecule has 1 aliphatic heterocycles. The fourth-order valence-electron chi connectivity index (χ4n) is 3.12. The molecule has 0 atom stereocenters. The van der Waals surface area contributed by atoms with Crippen molar-refractivity contribution in [2.75, 3.05) is 26.2 Å². The van der Waals surface area contributed by atoms with Crippen molar-refractivity contribution in [3.05, 3.63) is 69.7 Å². The van der Waals surface area contributed by atoms with Gasteiger partial charge in [0.15, 0.2) is 0 Å². The summed E-state index contributed by atoms with van der Waals surface area (Å²) >= 11 is 3.17. The Bertz CT molecular complexity index is 871. The van der Waals surface area contributed by atoms with E-state index in [0.717, 1.165) is 12.1 Å². The van der Waals surface area contributed by atoms with E-state index in [1.54, 1.807) is 29.2 Å². The maximum atomic E-state index is 13.0. The highest BCUT2D eigenvalue weighted by Gasteiger charge is 2.32. The molecule has 1 fully saturated rings. The van der Waals surface area contributed by atoms with E-state index in [0.29, 0.717) is 36.1 Å². The van der Waals surface area contributed by atoms with Crippen molar-refractivity contribution >= 4 is 27.7 Å². The highest BCUT2D eigenvalue weighted by atomic mass is 79.9. The lowest BCUT2D eigenvalue weighted by Gasteiger charge is -2.23. The second-order valence-corrected chi connectivity index (χ2v) is 7.35. The molecule has 4 nitrogen and oxygen atoms in total. The lowest BCUT2D eigenvalue weighted by Crippen LogP contribution is -2.37. The van der Waals surface area contributed by atoms with Crippen LogP contribution in [-0.2, 0) is 6.18 Å². The Kier molecular flexibility index (Phi) is 6.07. The third kappa shape index (κ3) is 4.55. The van der Waals surface area contributed by atoms with E-state index in [1.165, 1.54) is 11.0 Å². The van der Waals surface area contributed by atoms with Crippen molar-refractivity contribution in [1.82, 2.24) is 9.80 Å². The third-order valence-corrected chi connectivity index (χ3v) is 5.31. The Balaban J connectivity index is 1.74. The summed E-state index contributed by atoms with van der Waals surface area (Å²) in [5.41, 5.74) is -0.324. The molecule has 3 rings (SSSR count). The van der Waals surface area contributed by atoms with E-state index >= 15 is 0 Å². The predicted molar refractivity (Wildman–Crippen MR) is 102 cm³/mol. The zero-order valence-corrected chi connectivity index (χ0v) is 16.5. The first kappa shape index (κ1) is 20.4. The molecular weight excluding hydrogens is 437 g/mol. The van der Waals surface area contributed by atoms with Gasteiger partial charge in [0.25, 0.3) is 11.8 Å². The number of nitrogens with zero attached hydrogens (tertiary/aromatic N) is 2. The molecule has 0 radical (unpaired) electrons. The van der Waals surface area contributed by atoms with Gasteiger partial charge in [-0.05, 0) is 52.7 Å². The molecule has 0 aromatic heterocycles. The second kappa shape index (κ2) is 8.34. The molecular formula is C20H18BrF3N2O2. The average Bonchev–Trinajstić information content (AvgIpc) is 2.93. The number of hydrogen-bond donors (Lipinski definition) is 0. The van der Waals surface area contributed by atoms with Gasteiger partial charge in [-0.1, -0.05) is 18.2 Å². The van der Waals surface area contributed by atoms with E-state index in [-0.39, 0.29) is 18.0 Å². The lowest BCUT2D eigenvalue weighted by molar-refractivity contribution is -0.137. The lowest BCUT2D eigenvalue weighted by atomic mass is 10.1. The number of alkyl halides is 3. The van der Waals surface area contributed by atoms with Crippen LogP contribution >= 0.6 is 15.9 Å². The minimum absolute atomic E-state index is 0.0299. The summed E-state index contributed by atoms with van der Waals surface area (Å²) in [6.45, 7) is 1.46. The van der Waals surface area contributed by atoms with Gasteiger partial charge in [-0.3, -0.25) is 9.59 Å². The highest BCUT2D eigenvalue weighted by Crippen LogP contribution is 2.32. The van der Waals surface area contributed by atoms with Crippen molar-refractivity contribution in [1.29, 1.82) is 0 Å². The van der Waals surface area contributed by atoms with Crippen LogP contribution < -0.4 is 0 Å². The van der Waals surface area contributed by atoms with E-state index in [2.05, 4.69) is 15.9 Å². The Labute approximate surface area is 169 Å². The molecule has 28 heavy (non-hydrogen) atoms. The fourth-order valence-corrected chi connectivity index (χ4v) is 3.54. The summed E-state index contributed by atoms with van der Waals surface area (Å²) in [5.74, 6) is -0.595. The third-order valence-electron chi connectivity index (χ3n) is 4.62. The summed E-state index contributed by atoms with van der Waals surface area (Å²) in [5, 5.41) is 0. The molecule has 148 valence electrons. The molecule has 0 N–H and O–H groups in total. The second-order valence-electron chi connectivity index (χ2n) is 6.50. The number of carbonyl (C=O) groups excluding carboxylic acids is 2. The fraction of sp³-hybridized carbons (Fsp3) is 0.300. The largest absolute Gasteiger partial charge is 0.416 e. The molecule has 2 amide bonds. The highest BCUT2D eigenvalue weighted by molar-refractivity contribution is 9.10. The van der Waals surface area contributed by atoms with Crippen molar-refractivity contribution in [2.45, 2.75) is 12.6 Å². The van der Waals surface area contributed by atoms with Crippen LogP contribution in [0.15, 0.2) is 53.0 Å². The first-order valence-corrected chi connectivity index (χ1v) is 9.57. The summed E-state index contributed by atoms with van der Waals surface area (Å²) < 4.78 is 39.3. The van der Waals surface area contributed by atoms with Crippen molar-refractivity contribution in [3.63, 3.8) is 0 Å². The number of amides is 2.